The number of rotatable bonds is 2. The molecule has 1 heterocycles. The van der Waals surface area contributed by atoms with E-state index >= 15 is 0 Å². The van der Waals surface area contributed by atoms with Crippen molar-refractivity contribution in [1.29, 1.82) is 0 Å². The van der Waals surface area contributed by atoms with Gasteiger partial charge in [-0.3, -0.25) is 4.90 Å². The Kier molecular flexibility index (Phi) is 3.74. The Bertz CT molecular complexity index is 143. The molecule has 2 nitrogen and oxygen atoms in total. The highest BCUT2D eigenvalue weighted by molar-refractivity contribution is 4.80. The van der Waals surface area contributed by atoms with E-state index in [1.165, 1.54) is 32.4 Å². The number of hydrogen-bond acceptors (Lipinski definition) is 2. The lowest BCUT2D eigenvalue weighted by Crippen LogP contribution is -2.48. The summed E-state index contributed by atoms with van der Waals surface area (Å²) in [7, 11) is 2.22. The summed E-state index contributed by atoms with van der Waals surface area (Å²) in [5, 5.41) is 3.58. The van der Waals surface area contributed by atoms with E-state index in [0.717, 1.165) is 6.04 Å². The maximum Gasteiger partial charge on any atom is 0.0195 e. The molecule has 1 N–H and O–H groups in total. The topological polar surface area (TPSA) is 15.3 Å². The molecule has 0 aromatic carbocycles. The van der Waals surface area contributed by atoms with Crippen molar-refractivity contribution >= 4 is 0 Å². The van der Waals surface area contributed by atoms with Crippen LogP contribution in [-0.4, -0.2) is 36.6 Å². The fourth-order valence-electron chi connectivity index (χ4n) is 1.68. The first kappa shape index (κ1) is 11.0. The third-order valence-corrected chi connectivity index (χ3v) is 3.05. The maximum absolute atomic E-state index is 3.58. The third kappa shape index (κ3) is 3.65. The molecule has 0 bridgehead atoms. The number of piperidine rings is 1. The highest BCUT2D eigenvalue weighted by Gasteiger charge is 2.21. The molecule has 1 atom stereocenters. The number of nitrogens with one attached hydrogen (secondary N) is 1. The van der Waals surface area contributed by atoms with Crippen LogP contribution in [0.1, 0.15) is 40.0 Å². The Morgan fingerprint density at radius 2 is 2.00 bits per heavy atom. The Balaban J connectivity index is 2.30. The summed E-state index contributed by atoms with van der Waals surface area (Å²) in [5.74, 6) is 0. The van der Waals surface area contributed by atoms with Gasteiger partial charge < -0.3 is 5.32 Å². The van der Waals surface area contributed by atoms with E-state index in [1.807, 2.05) is 0 Å². The largest absolute Gasteiger partial charge is 0.313 e. The molecule has 78 valence electrons. The van der Waals surface area contributed by atoms with Crippen LogP contribution in [0, 0.1) is 0 Å². The molecule has 0 saturated carbocycles. The second kappa shape index (κ2) is 4.43. The Morgan fingerprint density at radius 3 is 2.46 bits per heavy atom. The van der Waals surface area contributed by atoms with E-state index in [0.29, 0.717) is 5.54 Å². The normalized spacial score (nSPS) is 25.2. The molecule has 13 heavy (non-hydrogen) atoms. The van der Waals surface area contributed by atoms with E-state index in [1.54, 1.807) is 0 Å². The zero-order chi connectivity index (χ0) is 9.90. The lowest BCUT2D eigenvalue weighted by Gasteiger charge is -2.36. The molecule has 1 rings (SSSR count). The molecule has 0 spiro atoms. The van der Waals surface area contributed by atoms with Gasteiger partial charge in [-0.1, -0.05) is 6.42 Å². The molecular formula is C11H24N2. The van der Waals surface area contributed by atoms with Crippen LogP contribution in [0.5, 0.6) is 0 Å². The van der Waals surface area contributed by atoms with Crippen LogP contribution < -0.4 is 5.32 Å². The van der Waals surface area contributed by atoms with E-state index in [2.05, 4.69) is 38.0 Å². The van der Waals surface area contributed by atoms with Gasteiger partial charge in [-0.2, -0.15) is 0 Å². The SMILES string of the molecule is CN(C[C@@H]1CCCCN1)C(C)(C)C. The molecule has 0 unspecified atom stereocenters. The average molecular weight is 184 g/mol. The van der Waals surface area contributed by atoms with Crippen LogP contribution in [-0.2, 0) is 0 Å². The van der Waals surface area contributed by atoms with Gasteiger partial charge in [-0.15, -0.1) is 0 Å². The van der Waals surface area contributed by atoms with Gasteiger partial charge in [-0.25, -0.2) is 0 Å². The minimum Gasteiger partial charge on any atom is -0.313 e. The highest BCUT2D eigenvalue weighted by Crippen LogP contribution is 2.14. The van der Waals surface area contributed by atoms with Gasteiger partial charge in [-0.05, 0) is 47.2 Å². The van der Waals surface area contributed by atoms with E-state index < -0.39 is 0 Å². The quantitative estimate of drug-likeness (QED) is 0.704. The molecule has 0 aromatic heterocycles. The molecule has 1 saturated heterocycles. The molecule has 0 aromatic rings. The van der Waals surface area contributed by atoms with Gasteiger partial charge in [0, 0.05) is 18.1 Å². The van der Waals surface area contributed by atoms with Gasteiger partial charge in [0.25, 0.3) is 0 Å². The fourth-order valence-corrected chi connectivity index (χ4v) is 1.68. The lowest BCUT2D eigenvalue weighted by atomic mass is 10.0. The van der Waals surface area contributed by atoms with E-state index in [9.17, 15) is 0 Å². The molecule has 0 radical (unpaired) electrons. The van der Waals surface area contributed by atoms with Crippen molar-refractivity contribution in [1.82, 2.24) is 10.2 Å². The monoisotopic (exact) mass is 184 g/mol. The number of hydrogen-bond donors (Lipinski definition) is 1. The van der Waals surface area contributed by atoms with Crippen molar-refractivity contribution in [3.63, 3.8) is 0 Å². The van der Waals surface area contributed by atoms with Gasteiger partial charge in [0.15, 0.2) is 0 Å². The zero-order valence-corrected chi connectivity index (χ0v) is 9.56. The molecule has 1 fully saturated rings. The molecule has 0 amide bonds. The number of likely N-dealkylation sites (N-methyl/N-ethyl adjacent to an activating group) is 1. The van der Waals surface area contributed by atoms with Crippen molar-refractivity contribution in [3.05, 3.63) is 0 Å². The summed E-state index contributed by atoms with van der Waals surface area (Å²) >= 11 is 0. The predicted octanol–water partition coefficient (Wildman–Crippen LogP) is 1.86. The van der Waals surface area contributed by atoms with Crippen LogP contribution in [0.15, 0.2) is 0 Å². The highest BCUT2D eigenvalue weighted by atomic mass is 15.2. The van der Waals surface area contributed by atoms with Gasteiger partial charge >= 0.3 is 0 Å². The molecule has 1 aliphatic heterocycles. The summed E-state index contributed by atoms with van der Waals surface area (Å²) in [6.07, 6.45) is 4.10. The summed E-state index contributed by atoms with van der Waals surface area (Å²) in [4.78, 5) is 2.44. The first-order valence-electron chi connectivity index (χ1n) is 5.45. The van der Waals surface area contributed by atoms with Crippen LogP contribution in [0.4, 0.5) is 0 Å². The van der Waals surface area contributed by atoms with Gasteiger partial charge in [0.1, 0.15) is 0 Å². The van der Waals surface area contributed by atoms with Gasteiger partial charge in [0.05, 0.1) is 0 Å². The second-order valence-electron chi connectivity index (χ2n) is 5.20. The minimum atomic E-state index is 0.305. The van der Waals surface area contributed by atoms with Gasteiger partial charge in [0.2, 0.25) is 0 Å². The average Bonchev–Trinajstić information content (AvgIpc) is 2.04. The Hall–Kier alpha value is -0.0800. The predicted molar refractivity (Wildman–Crippen MR) is 58.0 cm³/mol. The Labute approximate surface area is 82.7 Å². The summed E-state index contributed by atoms with van der Waals surface area (Å²) in [5.41, 5.74) is 0.305. The van der Waals surface area contributed by atoms with E-state index in [-0.39, 0.29) is 0 Å². The fraction of sp³-hybridized carbons (Fsp3) is 1.00. The smallest absolute Gasteiger partial charge is 0.0195 e. The summed E-state index contributed by atoms with van der Waals surface area (Å²) < 4.78 is 0. The second-order valence-corrected chi connectivity index (χ2v) is 5.20. The first-order chi connectivity index (χ1) is 6.00. The van der Waals surface area contributed by atoms with Crippen molar-refractivity contribution in [2.45, 2.75) is 51.6 Å². The molecule has 0 aliphatic carbocycles. The third-order valence-electron chi connectivity index (χ3n) is 3.05. The van der Waals surface area contributed by atoms with Crippen LogP contribution in [0.2, 0.25) is 0 Å². The summed E-state index contributed by atoms with van der Waals surface area (Å²) in [6.45, 7) is 9.22. The van der Waals surface area contributed by atoms with Crippen LogP contribution in [0.25, 0.3) is 0 Å². The lowest BCUT2D eigenvalue weighted by molar-refractivity contribution is 0.149. The summed E-state index contributed by atoms with van der Waals surface area (Å²) in [6, 6.07) is 0.720. The van der Waals surface area contributed by atoms with Crippen molar-refractivity contribution in [2.24, 2.45) is 0 Å². The zero-order valence-electron chi connectivity index (χ0n) is 9.56. The molecule has 1 aliphatic rings. The molecule has 2 heteroatoms. The van der Waals surface area contributed by atoms with Crippen molar-refractivity contribution in [2.75, 3.05) is 20.1 Å². The van der Waals surface area contributed by atoms with Crippen LogP contribution >= 0.6 is 0 Å². The van der Waals surface area contributed by atoms with E-state index in [4.69, 9.17) is 0 Å². The molecular weight excluding hydrogens is 160 g/mol. The van der Waals surface area contributed by atoms with Crippen molar-refractivity contribution in [3.8, 4) is 0 Å². The van der Waals surface area contributed by atoms with Crippen molar-refractivity contribution < 1.29 is 0 Å². The standard InChI is InChI=1S/C11H24N2/c1-11(2,3)13(4)9-10-7-5-6-8-12-10/h10,12H,5-9H2,1-4H3/t10-/m0/s1. The first-order valence-corrected chi connectivity index (χ1v) is 5.45. The van der Waals surface area contributed by atoms with Crippen LogP contribution in [0.3, 0.4) is 0 Å². The Morgan fingerprint density at radius 1 is 1.31 bits per heavy atom. The minimum absolute atomic E-state index is 0.305. The number of nitrogens with zero attached hydrogens (tertiary/aromatic N) is 1. The maximum atomic E-state index is 3.58.